The molecule has 2 unspecified atom stereocenters. The Kier molecular flexibility index (Phi) is 3.37. The first kappa shape index (κ1) is 15.6. The molecular weight excluding hydrogens is 312 g/mol. The topological polar surface area (TPSA) is 51.2 Å². The minimum absolute atomic E-state index is 0.0928. The van der Waals surface area contributed by atoms with Gasteiger partial charge in [0.25, 0.3) is 0 Å². The molecular formula is C21H26N2O2. The molecule has 0 saturated heterocycles. The van der Waals surface area contributed by atoms with Crippen LogP contribution in [0.5, 0.6) is 0 Å². The summed E-state index contributed by atoms with van der Waals surface area (Å²) in [7, 11) is 1.89. The van der Waals surface area contributed by atoms with Crippen molar-refractivity contribution in [1.29, 1.82) is 0 Å². The number of nitrogens with one attached hydrogen (secondary N) is 1. The number of aromatic nitrogens is 1. The van der Waals surface area contributed by atoms with Crippen molar-refractivity contribution in [3.63, 3.8) is 0 Å². The van der Waals surface area contributed by atoms with Gasteiger partial charge in [-0.05, 0) is 56.8 Å². The summed E-state index contributed by atoms with van der Waals surface area (Å²) in [5, 5.41) is 3.85. The summed E-state index contributed by atoms with van der Waals surface area (Å²) in [6.07, 6.45) is 13.1. The van der Waals surface area contributed by atoms with Crippen molar-refractivity contribution in [2.45, 2.75) is 57.1 Å². The first-order valence-corrected chi connectivity index (χ1v) is 9.59. The van der Waals surface area contributed by atoms with Crippen molar-refractivity contribution in [3.8, 4) is 0 Å². The van der Waals surface area contributed by atoms with E-state index in [9.17, 15) is 4.79 Å². The zero-order valence-electron chi connectivity index (χ0n) is 15.0. The number of ether oxygens (including phenoxy) is 1. The molecule has 0 amide bonds. The summed E-state index contributed by atoms with van der Waals surface area (Å²) in [6.45, 7) is 1.64. The highest BCUT2D eigenvalue weighted by Crippen LogP contribution is 2.57. The lowest BCUT2D eigenvalue weighted by Gasteiger charge is -2.59. The van der Waals surface area contributed by atoms with Crippen LogP contribution in [-0.4, -0.2) is 29.5 Å². The first-order chi connectivity index (χ1) is 12.1. The largest absolute Gasteiger partial charge is 0.381 e. The van der Waals surface area contributed by atoms with Crippen LogP contribution < -0.4 is 5.32 Å². The van der Waals surface area contributed by atoms with Gasteiger partial charge in [0, 0.05) is 31.3 Å². The van der Waals surface area contributed by atoms with Gasteiger partial charge in [-0.2, -0.15) is 0 Å². The number of ketones is 1. The number of hydrogen-bond donors (Lipinski definition) is 1. The second-order valence-electron chi connectivity index (χ2n) is 8.60. The number of carbonyl (C=O) groups excluding carboxylic acids is 1. The molecule has 4 bridgehead atoms. The summed E-state index contributed by atoms with van der Waals surface area (Å²) in [5.41, 5.74) is 4.10. The average Bonchev–Trinajstić information content (AvgIpc) is 3.06. The monoisotopic (exact) mass is 338 g/mol. The Bertz CT molecular complexity index is 753. The number of anilines is 1. The molecule has 4 saturated carbocycles. The molecule has 2 atom stereocenters. The summed E-state index contributed by atoms with van der Waals surface area (Å²) in [6, 6.07) is 0.457. The normalized spacial score (nSPS) is 37.4. The maximum absolute atomic E-state index is 12.2. The van der Waals surface area contributed by atoms with Crippen LogP contribution in [0.4, 0.5) is 5.69 Å². The van der Waals surface area contributed by atoms with Crippen molar-refractivity contribution >= 4 is 17.5 Å². The standard InChI is InChI=1S/C21H26N2O2/c1-12(24)17-11-22-18-5-3-4-16(18)20(17)23-19-14-6-13-7-15(19)10-21(8-13,9-14)25-2/h3-4,11,13-15,19H,5-10H2,1-2H3,(H,22,23). The highest BCUT2D eigenvalue weighted by atomic mass is 16.5. The highest BCUT2D eigenvalue weighted by Gasteiger charge is 2.55. The molecule has 5 aliphatic rings. The predicted octanol–water partition coefficient (Wildman–Crippen LogP) is 3.86. The summed E-state index contributed by atoms with van der Waals surface area (Å²) in [5.74, 6) is 2.22. The Morgan fingerprint density at radius 3 is 2.72 bits per heavy atom. The molecule has 4 heteroatoms. The molecule has 5 aliphatic carbocycles. The number of pyridine rings is 1. The van der Waals surface area contributed by atoms with E-state index in [1.165, 1.54) is 19.3 Å². The Balaban J connectivity index is 1.50. The molecule has 25 heavy (non-hydrogen) atoms. The minimum Gasteiger partial charge on any atom is -0.381 e. The van der Waals surface area contributed by atoms with Gasteiger partial charge < -0.3 is 10.1 Å². The van der Waals surface area contributed by atoms with Crippen molar-refractivity contribution < 1.29 is 9.53 Å². The van der Waals surface area contributed by atoms with Crippen molar-refractivity contribution in [2.75, 3.05) is 12.4 Å². The van der Waals surface area contributed by atoms with Crippen LogP contribution in [-0.2, 0) is 11.2 Å². The SMILES string of the molecule is COC12CC3CC(C1)C(Nc1c(C(C)=O)cnc4c1C=CC4)C(C3)C2. The van der Waals surface area contributed by atoms with Gasteiger partial charge in [-0.1, -0.05) is 12.2 Å². The highest BCUT2D eigenvalue weighted by molar-refractivity contribution is 6.01. The lowest BCUT2D eigenvalue weighted by molar-refractivity contribution is -0.149. The molecule has 0 radical (unpaired) electrons. The molecule has 132 valence electrons. The number of methoxy groups -OCH3 is 1. The Morgan fingerprint density at radius 1 is 1.28 bits per heavy atom. The van der Waals surface area contributed by atoms with Gasteiger partial charge >= 0.3 is 0 Å². The van der Waals surface area contributed by atoms with E-state index in [1.54, 1.807) is 13.1 Å². The van der Waals surface area contributed by atoms with Gasteiger partial charge in [0.15, 0.2) is 5.78 Å². The molecule has 4 nitrogen and oxygen atoms in total. The third-order valence-electron chi connectivity index (χ3n) is 7.14. The Morgan fingerprint density at radius 2 is 2.04 bits per heavy atom. The van der Waals surface area contributed by atoms with E-state index in [1.807, 2.05) is 7.11 Å². The van der Waals surface area contributed by atoms with E-state index in [0.717, 1.165) is 47.7 Å². The smallest absolute Gasteiger partial charge is 0.163 e. The molecule has 1 N–H and O–H groups in total. The third kappa shape index (κ3) is 2.30. The quantitative estimate of drug-likeness (QED) is 0.847. The van der Waals surface area contributed by atoms with Gasteiger partial charge in [-0.3, -0.25) is 9.78 Å². The van der Waals surface area contributed by atoms with Gasteiger partial charge in [-0.15, -0.1) is 0 Å². The number of hydrogen-bond acceptors (Lipinski definition) is 4. The average molecular weight is 338 g/mol. The number of Topliss-reactive ketones (excluding diaryl/α,β-unsaturated/α-hetero) is 1. The molecule has 0 aromatic carbocycles. The van der Waals surface area contributed by atoms with Gasteiger partial charge in [0.05, 0.1) is 22.5 Å². The second-order valence-corrected chi connectivity index (χ2v) is 8.60. The van der Waals surface area contributed by atoms with E-state index in [-0.39, 0.29) is 11.4 Å². The van der Waals surface area contributed by atoms with Gasteiger partial charge in [0.2, 0.25) is 0 Å². The number of fused-ring (bicyclic) bond motifs is 1. The zero-order chi connectivity index (χ0) is 17.2. The van der Waals surface area contributed by atoms with E-state index < -0.39 is 0 Å². The lowest BCUT2D eigenvalue weighted by atomic mass is 9.52. The van der Waals surface area contributed by atoms with Crippen LogP contribution in [0.25, 0.3) is 6.08 Å². The maximum Gasteiger partial charge on any atom is 0.163 e. The Labute approximate surface area is 149 Å². The molecule has 6 rings (SSSR count). The summed E-state index contributed by atoms with van der Waals surface area (Å²) in [4.78, 5) is 16.7. The Hall–Kier alpha value is -1.68. The van der Waals surface area contributed by atoms with E-state index in [0.29, 0.717) is 17.9 Å². The molecule has 4 fully saturated rings. The van der Waals surface area contributed by atoms with Crippen LogP contribution >= 0.6 is 0 Å². The van der Waals surface area contributed by atoms with E-state index >= 15 is 0 Å². The van der Waals surface area contributed by atoms with Gasteiger partial charge in [0.1, 0.15) is 0 Å². The van der Waals surface area contributed by atoms with Crippen LogP contribution in [0, 0.1) is 17.8 Å². The number of nitrogens with zero attached hydrogens (tertiary/aromatic N) is 1. The fourth-order valence-electron chi connectivity index (χ4n) is 6.22. The maximum atomic E-state index is 12.2. The first-order valence-electron chi connectivity index (χ1n) is 9.59. The predicted molar refractivity (Wildman–Crippen MR) is 97.7 cm³/mol. The van der Waals surface area contributed by atoms with Crippen LogP contribution in [0.1, 0.15) is 60.6 Å². The van der Waals surface area contributed by atoms with E-state index in [2.05, 4.69) is 22.5 Å². The fraction of sp³-hybridized carbons (Fsp3) is 0.619. The molecule has 1 aromatic heterocycles. The van der Waals surface area contributed by atoms with E-state index in [4.69, 9.17) is 4.74 Å². The molecule has 0 aliphatic heterocycles. The minimum atomic E-state index is 0.0928. The van der Waals surface area contributed by atoms with Crippen LogP contribution in [0.2, 0.25) is 0 Å². The fourth-order valence-corrected chi connectivity index (χ4v) is 6.22. The van der Waals surface area contributed by atoms with Crippen molar-refractivity contribution in [3.05, 3.63) is 29.1 Å². The lowest BCUT2D eigenvalue weighted by Crippen LogP contribution is -2.59. The molecule has 0 spiro atoms. The van der Waals surface area contributed by atoms with Crippen LogP contribution in [0.3, 0.4) is 0 Å². The number of allylic oxidation sites excluding steroid dienone is 1. The zero-order valence-corrected chi connectivity index (χ0v) is 15.0. The number of rotatable bonds is 4. The van der Waals surface area contributed by atoms with Gasteiger partial charge in [-0.25, -0.2) is 0 Å². The second kappa shape index (κ2) is 5.41. The molecule has 1 aromatic rings. The summed E-state index contributed by atoms with van der Waals surface area (Å²) >= 11 is 0. The third-order valence-corrected chi connectivity index (χ3v) is 7.14. The number of carbonyl (C=O) groups is 1. The van der Waals surface area contributed by atoms with Crippen LogP contribution in [0.15, 0.2) is 12.3 Å². The van der Waals surface area contributed by atoms with Crippen molar-refractivity contribution in [1.82, 2.24) is 4.98 Å². The summed E-state index contributed by atoms with van der Waals surface area (Å²) < 4.78 is 5.98. The molecule has 1 heterocycles. The van der Waals surface area contributed by atoms with Crippen molar-refractivity contribution in [2.24, 2.45) is 17.8 Å².